The lowest BCUT2D eigenvalue weighted by Gasteiger charge is -2.05. The average Bonchev–Trinajstić information content (AvgIpc) is 2.14. The summed E-state index contributed by atoms with van der Waals surface area (Å²) in [6, 6.07) is 6.68. The van der Waals surface area contributed by atoms with Crippen LogP contribution in [0.4, 0.5) is 17.1 Å². The van der Waals surface area contributed by atoms with Crippen molar-refractivity contribution < 1.29 is 5.11 Å². The van der Waals surface area contributed by atoms with Gasteiger partial charge in [-0.3, -0.25) is 5.11 Å². The quantitative estimate of drug-likeness (QED) is 0.549. The van der Waals surface area contributed by atoms with Crippen molar-refractivity contribution in [3.63, 3.8) is 0 Å². The van der Waals surface area contributed by atoms with Crippen molar-refractivity contribution in [2.45, 2.75) is 0 Å². The summed E-state index contributed by atoms with van der Waals surface area (Å²) in [4.78, 5) is 0. The number of fused-ring (bicyclic) bond motifs is 1. The third kappa shape index (κ3) is 1.08. The molecule has 0 atom stereocenters. The third-order valence-electron chi connectivity index (χ3n) is 2.19. The molecule has 4 heteroatoms. The van der Waals surface area contributed by atoms with E-state index < -0.39 is 0 Å². The summed E-state index contributed by atoms with van der Waals surface area (Å²) < 4.78 is 0. The van der Waals surface area contributed by atoms with Gasteiger partial charge in [-0.2, -0.15) is 0 Å². The second-order valence-corrected chi connectivity index (χ2v) is 3.19. The van der Waals surface area contributed by atoms with Crippen molar-refractivity contribution in [3.05, 3.63) is 24.3 Å². The number of hydrogen-bond donors (Lipinski definition) is 3. The molecule has 0 fully saturated rings. The van der Waals surface area contributed by atoms with Gasteiger partial charge in [0.25, 0.3) is 0 Å². The van der Waals surface area contributed by atoms with Gasteiger partial charge in [0.2, 0.25) is 5.75 Å². The second-order valence-electron chi connectivity index (χ2n) is 3.19. The molecule has 6 N–H and O–H groups in total. The Kier molecular flexibility index (Phi) is 1.64. The van der Waals surface area contributed by atoms with Crippen molar-refractivity contribution in [1.29, 1.82) is 0 Å². The van der Waals surface area contributed by atoms with E-state index in [4.69, 9.17) is 17.2 Å². The monoisotopic (exact) mass is 188 g/mol. The minimum Gasteiger partial charge on any atom is -0.399 e. The zero-order valence-electron chi connectivity index (χ0n) is 7.45. The molecular weight excluding hydrogens is 178 g/mol. The summed E-state index contributed by atoms with van der Waals surface area (Å²) in [5.41, 5.74) is 17.7. The van der Waals surface area contributed by atoms with Crippen molar-refractivity contribution in [3.8, 4) is 5.75 Å². The summed E-state index contributed by atoms with van der Waals surface area (Å²) in [5.74, 6) is -0.236. The van der Waals surface area contributed by atoms with Gasteiger partial charge in [-0.1, -0.05) is 0 Å². The standard InChI is InChI=1S/C10H10N3O/c11-6-1-2-7-5(3-6)4-8(12)9(13)10(7)14/h1-4H,11-13H2. The number of anilines is 3. The molecule has 0 saturated carbocycles. The van der Waals surface area contributed by atoms with Crippen molar-refractivity contribution in [2.24, 2.45) is 0 Å². The molecule has 0 spiro atoms. The summed E-state index contributed by atoms with van der Waals surface area (Å²) in [6.07, 6.45) is 0. The normalized spacial score (nSPS) is 10.6. The summed E-state index contributed by atoms with van der Waals surface area (Å²) in [7, 11) is 0. The molecule has 14 heavy (non-hydrogen) atoms. The maximum atomic E-state index is 11.6. The Morgan fingerprint density at radius 1 is 1.00 bits per heavy atom. The molecule has 0 aliphatic carbocycles. The number of nitrogen functional groups attached to an aromatic ring is 3. The molecule has 1 radical (unpaired) electrons. The fourth-order valence-corrected chi connectivity index (χ4v) is 1.43. The average molecular weight is 188 g/mol. The van der Waals surface area contributed by atoms with Gasteiger partial charge >= 0.3 is 0 Å². The summed E-state index contributed by atoms with van der Waals surface area (Å²) in [5, 5.41) is 12.9. The van der Waals surface area contributed by atoms with Crippen LogP contribution in [-0.4, -0.2) is 0 Å². The predicted molar refractivity (Wildman–Crippen MR) is 57.3 cm³/mol. The van der Waals surface area contributed by atoms with E-state index in [2.05, 4.69) is 0 Å². The van der Waals surface area contributed by atoms with Crippen LogP contribution < -0.4 is 17.2 Å². The van der Waals surface area contributed by atoms with E-state index in [0.29, 0.717) is 16.8 Å². The number of hydrogen-bond acceptors (Lipinski definition) is 3. The first-order chi connectivity index (χ1) is 6.59. The molecule has 2 rings (SSSR count). The van der Waals surface area contributed by atoms with E-state index in [0.717, 1.165) is 5.39 Å². The van der Waals surface area contributed by atoms with Crippen molar-refractivity contribution >= 4 is 27.8 Å². The molecule has 2 aromatic carbocycles. The predicted octanol–water partition coefficient (Wildman–Crippen LogP) is 1.73. The Bertz CT molecular complexity index is 508. The Labute approximate surface area is 80.9 Å². The van der Waals surface area contributed by atoms with Gasteiger partial charge in [-0.25, -0.2) is 0 Å². The van der Waals surface area contributed by atoms with Gasteiger partial charge in [0.15, 0.2) is 0 Å². The summed E-state index contributed by atoms with van der Waals surface area (Å²) >= 11 is 0. The van der Waals surface area contributed by atoms with Crippen LogP contribution in [0.5, 0.6) is 5.75 Å². The van der Waals surface area contributed by atoms with E-state index in [-0.39, 0.29) is 11.4 Å². The first kappa shape index (κ1) is 8.50. The molecule has 0 saturated heterocycles. The fourth-order valence-electron chi connectivity index (χ4n) is 1.43. The number of rotatable bonds is 0. The lowest BCUT2D eigenvalue weighted by Crippen LogP contribution is -1.95. The second kappa shape index (κ2) is 2.70. The maximum Gasteiger partial charge on any atom is 0.211 e. The van der Waals surface area contributed by atoms with E-state index >= 15 is 0 Å². The third-order valence-corrected chi connectivity index (χ3v) is 2.19. The molecule has 0 heterocycles. The van der Waals surface area contributed by atoms with Gasteiger partial charge in [0, 0.05) is 11.1 Å². The number of nitrogens with two attached hydrogens (primary N) is 3. The van der Waals surface area contributed by atoms with Gasteiger partial charge < -0.3 is 17.2 Å². The Morgan fingerprint density at radius 3 is 2.43 bits per heavy atom. The van der Waals surface area contributed by atoms with E-state index in [1.54, 1.807) is 24.3 Å². The van der Waals surface area contributed by atoms with E-state index in [9.17, 15) is 5.11 Å². The van der Waals surface area contributed by atoms with Crippen LogP contribution in [0.2, 0.25) is 0 Å². The zero-order valence-corrected chi connectivity index (χ0v) is 7.45. The highest BCUT2D eigenvalue weighted by Crippen LogP contribution is 2.36. The molecular formula is C10H10N3O. The van der Waals surface area contributed by atoms with Crippen LogP contribution in [0.3, 0.4) is 0 Å². The minimum atomic E-state index is -0.236. The van der Waals surface area contributed by atoms with Crippen LogP contribution in [-0.2, 0) is 5.11 Å². The Hall–Kier alpha value is -2.10. The van der Waals surface area contributed by atoms with E-state index in [1.165, 1.54) is 0 Å². The van der Waals surface area contributed by atoms with Crippen LogP contribution in [0, 0.1) is 0 Å². The largest absolute Gasteiger partial charge is 0.399 e. The van der Waals surface area contributed by atoms with Crippen molar-refractivity contribution in [2.75, 3.05) is 17.2 Å². The highest BCUT2D eigenvalue weighted by Gasteiger charge is 2.09. The lowest BCUT2D eigenvalue weighted by atomic mass is 10.1. The molecule has 0 aromatic heterocycles. The molecule has 2 aromatic rings. The molecule has 0 amide bonds. The minimum absolute atomic E-state index is 0.0993. The highest BCUT2D eigenvalue weighted by atomic mass is 16.3. The first-order valence-electron chi connectivity index (χ1n) is 4.14. The first-order valence-corrected chi connectivity index (χ1v) is 4.14. The summed E-state index contributed by atoms with van der Waals surface area (Å²) in [6.45, 7) is 0. The van der Waals surface area contributed by atoms with Gasteiger partial charge in [-0.15, -0.1) is 0 Å². The zero-order chi connectivity index (χ0) is 10.3. The van der Waals surface area contributed by atoms with Crippen LogP contribution in [0.25, 0.3) is 10.8 Å². The molecule has 4 nitrogen and oxygen atoms in total. The van der Waals surface area contributed by atoms with Crippen LogP contribution in [0.1, 0.15) is 0 Å². The van der Waals surface area contributed by atoms with Gasteiger partial charge in [0.1, 0.15) is 5.69 Å². The SMILES string of the molecule is Nc1ccc2c([O])c(N)c(N)cc2c1. The molecule has 0 aliphatic rings. The molecule has 0 unspecified atom stereocenters. The van der Waals surface area contributed by atoms with Crippen molar-refractivity contribution in [1.82, 2.24) is 0 Å². The van der Waals surface area contributed by atoms with Gasteiger partial charge in [0.05, 0.1) is 5.69 Å². The molecule has 0 aliphatic heterocycles. The van der Waals surface area contributed by atoms with Crippen LogP contribution in [0.15, 0.2) is 24.3 Å². The Balaban J connectivity index is 2.91. The van der Waals surface area contributed by atoms with Gasteiger partial charge in [-0.05, 0) is 29.7 Å². The fraction of sp³-hybridized carbons (Fsp3) is 0. The topological polar surface area (TPSA) is 98.0 Å². The smallest absolute Gasteiger partial charge is 0.211 e. The number of benzene rings is 2. The maximum absolute atomic E-state index is 11.6. The lowest BCUT2D eigenvalue weighted by molar-refractivity contribution is 0.363. The molecule has 0 bridgehead atoms. The van der Waals surface area contributed by atoms with E-state index in [1.807, 2.05) is 0 Å². The van der Waals surface area contributed by atoms with Crippen LogP contribution >= 0.6 is 0 Å². The Morgan fingerprint density at radius 2 is 1.71 bits per heavy atom. The molecule has 71 valence electrons. The highest BCUT2D eigenvalue weighted by molar-refractivity contribution is 5.98.